The summed E-state index contributed by atoms with van der Waals surface area (Å²) < 4.78 is 0. The zero-order valence-electron chi connectivity index (χ0n) is 9.86. The molecule has 0 aromatic heterocycles. The van der Waals surface area contributed by atoms with Crippen molar-refractivity contribution in [2.24, 2.45) is 5.73 Å². The van der Waals surface area contributed by atoms with E-state index in [4.69, 9.17) is 5.73 Å². The Bertz CT molecular complexity index is 275. The van der Waals surface area contributed by atoms with E-state index in [0.29, 0.717) is 5.56 Å². The van der Waals surface area contributed by atoms with Crippen LogP contribution in [0, 0.1) is 10.1 Å². The molecular formula is C11H20N2O2. The summed E-state index contributed by atoms with van der Waals surface area (Å²) in [5.74, 6) is 0. The van der Waals surface area contributed by atoms with Crippen LogP contribution in [-0.4, -0.2) is 4.92 Å². The summed E-state index contributed by atoms with van der Waals surface area (Å²) in [5.41, 5.74) is 5.94. The predicted molar refractivity (Wildman–Crippen MR) is 63.7 cm³/mol. The average Bonchev–Trinajstić information content (AvgIpc) is 2.34. The Balaban J connectivity index is 0. The lowest BCUT2D eigenvalue weighted by Crippen LogP contribution is -2.00. The first-order valence-corrected chi connectivity index (χ1v) is 5.18. The van der Waals surface area contributed by atoms with Gasteiger partial charge in [0.15, 0.2) is 0 Å². The quantitative estimate of drug-likeness (QED) is 0.605. The average molecular weight is 212 g/mol. The molecule has 1 aromatic rings. The van der Waals surface area contributed by atoms with E-state index in [2.05, 4.69) is 0 Å². The lowest BCUT2D eigenvalue weighted by atomic mass is 10.2. The number of benzene rings is 1. The molecule has 1 aromatic carbocycles. The molecule has 0 amide bonds. The number of nitro groups is 1. The Kier molecular flexibility index (Phi) is 11.4. The summed E-state index contributed by atoms with van der Waals surface area (Å²) in [4.78, 5) is 9.90. The van der Waals surface area contributed by atoms with Crippen LogP contribution < -0.4 is 5.73 Å². The third kappa shape index (κ3) is 5.80. The third-order valence-corrected chi connectivity index (χ3v) is 1.41. The zero-order valence-corrected chi connectivity index (χ0v) is 9.86. The van der Waals surface area contributed by atoms with Crippen molar-refractivity contribution in [3.05, 3.63) is 39.9 Å². The van der Waals surface area contributed by atoms with Crippen LogP contribution in [0.2, 0.25) is 0 Å². The molecule has 0 radical (unpaired) electrons. The van der Waals surface area contributed by atoms with Crippen LogP contribution in [0.5, 0.6) is 0 Å². The highest BCUT2D eigenvalue weighted by Gasteiger charge is 2.09. The first-order chi connectivity index (χ1) is 7.25. The van der Waals surface area contributed by atoms with Crippen molar-refractivity contribution >= 4 is 5.69 Å². The third-order valence-electron chi connectivity index (χ3n) is 1.41. The second kappa shape index (κ2) is 10.7. The van der Waals surface area contributed by atoms with Crippen molar-refractivity contribution in [1.29, 1.82) is 0 Å². The lowest BCUT2D eigenvalue weighted by Gasteiger charge is -1.96. The molecule has 0 spiro atoms. The van der Waals surface area contributed by atoms with Crippen molar-refractivity contribution in [2.75, 3.05) is 0 Å². The largest absolute Gasteiger partial charge is 0.326 e. The fourth-order valence-corrected chi connectivity index (χ4v) is 0.862. The molecule has 15 heavy (non-hydrogen) atoms. The Labute approximate surface area is 91.3 Å². The Morgan fingerprint density at radius 3 is 2.00 bits per heavy atom. The van der Waals surface area contributed by atoms with Gasteiger partial charge in [-0.05, 0) is 0 Å². The summed E-state index contributed by atoms with van der Waals surface area (Å²) in [5, 5.41) is 10.3. The van der Waals surface area contributed by atoms with Crippen molar-refractivity contribution < 1.29 is 4.92 Å². The van der Waals surface area contributed by atoms with E-state index in [9.17, 15) is 10.1 Å². The van der Waals surface area contributed by atoms with E-state index < -0.39 is 4.92 Å². The van der Waals surface area contributed by atoms with Crippen LogP contribution in [-0.2, 0) is 6.54 Å². The molecule has 0 heterocycles. The van der Waals surface area contributed by atoms with Crippen LogP contribution in [0.15, 0.2) is 24.3 Å². The minimum Gasteiger partial charge on any atom is -0.326 e. The van der Waals surface area contributed by atoms with Gasteiger partial charge in [0.2, 0.25) is 0 Å². The first kappa shape index (κ1) is 16.0. The van der Waals surface area contributed by atoms with Crippen LogP contribution >= 0.6 is 0 Å². The second-order valence-corrected chi connectivity index (χ2v) is 2.09. The molecule has 0 unspecified atom stereocenters. The summed E-state index contributed by atoms with van der Waals surface area (Å²) >= 11 is 0. The molecule has 0 aliphatic rings. The minimum absolute atomic E-state index is 0.0926. The van der Waals surface area contributed by atoms with E-state index in [1.807, 2.05) is 27.7 Å². The molecule has 0 fully saturated rings. The predicted octanol–water partition coefficient (Wildman–Crippen LogP) is 3.11. The smallest absolute Gasteiger partial charge is 0.273 e. The molecule has 0 bridgehead atoms. The zero-order chi connectivity index (χ0) is 12.3. The van der Waals surface area contributed by atoms with Crippen LogP contribution in [0.25, 0.3) is 0 Å². The monoisotopic (exact) mass is 212 g/mol. The van der Waals surface area contributed by atoms with E-state index in [1.165, 1.54) is 6.07 Å². The molecular weight excluding hydrogens is 192 g/mol. The van der Waals surface area contributed by atoms with E-state index >= 15 is 0 Å². The Hall–Kier alpha value is -1.42. The van der Waals surface area contributed by atoms with Gasteiger partial charge in [-0.25, -0.2) is 0 Å². The molecule has 4 nitrogen and oxygen atoms in total. The molecule has 0 atom stereocenters. The van der Waals surface area contributed by atoms with Gasteiger partial charge in [0.25, 0.3) is 5.69 Å². The normalized spacial score (nSPS) is 7.80. The summed E-state index contributed by atoms with van der Waals surface area (Å²) in [6.45, 7) is 8.21. The number of hydrogen-bond donors (Lipinski definition) is 1. The Morgan fingerprint density at radius 1 is 1.20 bits per heavy atom. The molecule has 4 heteroatoms. The molecule has 0 aliphatic carbocycles. The van der Waals surface area contributed by atoms with Gasteiger partial charge in [-0.1, -0.05) is 45.9 Å². The van der Waals surface area contributed by atoms with Gasteiger partial charge in [0.1, 0.15) is 0 Å². The fourth-order valence-electron chi connectivity index (χ4n) is 0.862. The molecule has 0 saturated carbocycles. The van der Waals surface area contributed by atoms with E-state index in [1.54, 1.807) is 18.2 Å². The molecule has 0 saturated heterocycles. The number of nitrogens with zero attached hydrogens (tertiary/aromatic N) is 1. The van der Waals surface area contributed by atoms with Crippen molar-refractivity contribution in [2.45, 2.75) is 34.2 Å². The highest BCUT2D eigenvalue weighted by atomic mass is 16.6. The number of hydrogen-bond acceptors (Lipinski definition) is 3. The SMILES string of the molecule is CC.CC.NCc1ccccc1[N+](=O)[O-]. The van der Waals surface area contributed by atoms with Gasteiger partial charge in [-0.15, -0.1) is 0 Å². The van der Waals surface area contributed by atoms with Gasteiger partial charge in [0.05, 0.1) is 4.92 Å². The van der Waals surface area contributed by atoms with Crippen LogP contribution in [0.1, 0.15) is 33.3 Å². The standard InChI is InChI=1S/C7H8N2O2.2C2H6/c8-5-6-3-1-2-4-7(6)9(10)11;2*1-2/h1-4H,5,8H2;2*1-2H3. The van der Waals surface area contributed by atoms with Crippen molar-refractivity contribution in [3.8, 4) is 0 Å². The number of nitro benzene ring substituents is 1. The molecule has 0 aliphatic heterocycles. The van der Waals surface area contributed by atoms with E-state index in [-0.39, 0.29) is 12.2 Å². The maximum absolute atomic E-state index is 10.3. The van der Waals surface area contributed by atoms with Crippen LogP contribution in [0.3, 0.4) is 0 Å². The molecule has 86 valence electrons. The van der Waals surface area contributed by atoms with Gasteiger partial charge in [0, 0.05) is 18.2 Å². The highest BCUT2D eigenvalue weighted by molar-refractivity contribution is 5.39. The summed E-state index contributed by atoms with van der Waals surface area (Å²) in [6.07, 6.45) is 0. The number of rotatable bonds is 2. The summed E-state index contributed by atoms with van der Waals surface area (Å²) in [7, 11) is 0. The van der Waals surface area contributed by atoms with Gasteiger partial charge < -0.3 is 5.73 Å². The maximum atomic E-state index is 10.3. The van der Waals surface area contributed by atoms with Gasteiger partial charge in [-0.3, -0.25) is 10.1 Å². The van der Waals surface area contributed by atoms with Gasteiger partial charge in [-0.2, -0.15) is 0 Å². The fraction of sp³-hybridized carbons (Fsp3) is 0.455. The topological polar surface area (TPSA) is 69.2 Å². The van der Waals surface area contributed by atoms with Crippen molar-refractivity contribution in [3.63, 3.8) is 0 Å². The van der Waals surface area contributed by atoms with E-state index in [0.717, 1.165) is 0 Å². The molecule has 2 N–H and O–H groups in total. The molecule has 1 rings (SSSR count). The maximum Gasteiger partial charge on any atom is 0.273 e. The van der Waals surface area contributed by atoms with Gasteiger partial charge >= 0.3 is 0 Å². The first-order valence-electron chi connectivity index (χ1n) is 5.18. The number of nitrogens with two attached hydrogens (primary N) is 1. The lowest BCUT2D eigenvalue weighted by molar-refractivity contribution is -0.385. The van der Waals surface area contributed by atoms with Crippen molar-refractivity contribution in [1.82, 2.24) is 0 Å². The minimum atomic E-state index is -0.428. The summed E-state index contributed by atoms with van der Waals surface area (Å²) in [6, 6.07) is 6.45. The van der Waals surface area contributed by atoms with Crippen LogP contribution in [0.4, 0.5) is 5.69 Å². The number of para-hydroxylation sites is 1. The Morgan fingerprint density at radius 2 is 1.67 bits per heavy atom. The second-order valence-electron chi connectivity index (χ2n) is 2.09. The highest BCUT2D eigenvalue weighted by Crippen LogP contribution is 2.15.